The van der Waals surface area contributed by atoms with Crippen LogP contribution in [0.1, 0.15) is 34.9 Å². The fourth-order valence-corrected chi connectivity index (χ4v) is 3.09. The predicted molar refractivity (Wildman–Crippen MR) is 97.9 cm³/mol. The van der Waals surface area contributed by atoms with Crippen molar-refractivity contribution in [3.8, 4) is 0 Å². The number of nitrogens with zero attached hydrogens (tertiary/aromatic N) is 3. The first kappa shape index (κ1) is 18.6. The Balaban J connectivity index is 0.00000208. The van der Waals surface area contributed by atoms with E-state index in [4.69, 9.17) is 4.52 Å². The molecule has 0 aliphatic rings. The molecule has 1 N–H and O–H groups in total. The van der Waals surface area contributed by atoms with Gasteiger partial charge in [-0.15, -0.1) is 23.7 Å². The average Bonchev–Trinajstić information content (AvgIpc) is 3.18. The molecule has 3 aromatic rings. The van der Waals surface area contributed by atoms with E-state index in [1.165, 1.54) is 5.56 Å². The zero-order chi connectivity index (χ0) is 16.1. The second-order valence-electron chi connectivity index (χ2n) is 5.57. The van der Waals surface area contributed by atoms with Crippen LogP contribution in [0.5, 0.6) is 0 Å². The van der Waals surface area contributed by atoms with Crippen molar-refractivity contribution in [1.29, 1.82) is 0 Å². The summed E-state index contributed by atoms with van der Waals surface area (Å²) in [5.74, 6) is 1.36. The zero-order valence-corrected chi connectivity index (χ0v) is 15.4. The SMILES string of the molecule is CNC(C)Cc1noc(Cc2csc(Cc3ccccc3)n2)n1.Cl. The van der Waals surface area contributed by atoms with Gasteiger partial charge in [0.15, 0.2) is 5.82 Å². The maximum absolute atomic E-state index is 5.32. The lowest BCUT2D eigenvalue weighted by atomic mass is 10.2. The normalized spacial score (nSPS) is 11.9. The molecule has 1 atom stereocenters. The summed E-state index contributed by atoms with van der Waals surface area (Å²) >= 11 is 1.67. The molecule has 0 saturated heterocycles. The van der Waals surface area contributed by atoms with Gasteiger partial charge in [-0.2, -0.15) is 4.98 Å². The molecule has 0 amide bonds. The molecular formula is C17H21ClN4OS. The number of benzene rings is 1. The Morgan fingerprint density at radius 3 is 2.71 bits per heavy atom. The van der Waals surface area contributed by atoms with Gasteiger partial charge in [0.1, 0.15) is 0 Å². The lowest BCUT2D eigenvalue weighted by Crippen LogP contribution is -2.24. The zero-order valence-electron chi connectivity index (χ0n) is 13.7. The Morgan fingerprint density at radius 2 is 1.96 bits per heavy atom. The molecule has 0 saturated carbocycles. The second-order valence-corrected chi connectivity index (χ2v) is 6.51. The fraction of sp³-hybridized carbons (Fsp3) is 0.353. The molecule has 3 rings (SSSR count). The Hall–Kier alpha value is -1.76. The lowest BCUT2D eigenvalue weighted by Gasteiger charge is -2.04. The molecule has 5 nitrogen and oxygen atoms in total. The van der Waals surface area contributed by atoms with Crippen LogP contribution in [-0.4, -0.2) is 28.2 Å². The minimum atomic E-state index is 0. The number of aromatic nitrogens is 3. The molecular weight excluding hydrogens is 344 g/mol. The van der Waals surface area contributed by atoms with Crippen LogP contribution >= 0.6 is 23.7 Å². The summed E-state index contributed by atoms with van der Waals surface area (Å²) in [6.45, 7) is 2.09. The van der Waals surface area contributed by atoms with Gasteiger partial charge in [0, 0.05) is 24.3 Å². The van der Waals surface area contributed by atoms with Gasteiger partial charge in [-0.05, 0) is 19.5 Å². The van der Waals surface area contributed by atoms with E-state index in [9.17, 15) is 0 Å². The maximum Gasteiger partial charge on any atom is 0.232 e. The minimum Gasteiger partial charge on any atom is -0.339 e. The van der Waals surface area contributed by atoms with Gasteiger partial charge in [-0.1, -0.05) is 35.5 Å². The quantitative estimate of drug-likeness (QED) is 0.697. The number of hydrogen-bond donors (Lipinski definition) is 1. The first-order valence-corrected chi connectivity index (χ1v) is 8.57. The molecule has 7 heteroatoms. The molecule has 1 aromatic carbocycles. The summed E-state index contributed by atoms with van der Waals surface area (Å²) in [6, 6.07) is 10.7. The third-order valence-electron chi connectivity index (χ3n) is 3.62. The van der Waals surface area contributed by atoms with E-state index >= 15 is 0 Å². The fourth-order valence-electron chi connectivity index (χ4n) is 2.26. The molecule has 0 aliphatic heterocycles. The highest BCUT2D eigenvalue weighted by Crippen LogP contribution is 2.17. The van der Waals surface area contributed by atoms with Gasteiger partial charge in [0.05, 0.1) is 17.1 Å². The van der Waals surface area contributed by atoms with E-state index < -0.39 is 0 Å². The summed E-state index contributed by atoms with van der Waals surface area (Å²) in [4.78, 5) is 9.10. The summed E-state index contributed by atoms with van der Waals surface area (Å²) in [5.41, 5.74) is 2.26. The van der Waals surface area contributed by atoms with Gasteiger partial charge >= 0.3 is 0 Å². The molecule has 0 spiro atoms. The van der Waals surface area contributed by atoms with E-state index in [2.05, 4.69) is 57.0 Å². The Morgan fingerprint density at radius 1 is 1.17 bits per heavy atom. The highest BCUT2D eigenvalue weighted by atomic mass is 35.5. The topological polar surface area (TPSA) is 63.8 Å². The number of halogens is 1. The smallest absolute Gasteiger partial charge is 0.232 e. The third-order valence-corrected chi connectivity index (χ3v) is 4.52. The van der Waals surface area contributed by atoms with E-state index in [0.717, 1.165) is 29.4 Å². The van der Waals surface area contributed by atoms with Gasteiger partial charge in [0.2, 0.25) is 5.89 Å². The van der Waals surface area contributed by atoms with E-state index in [1.54, 1.807) is 11.3 Å². The third kappa shape index (κ3) is 5.12. The Labute approximate surface area is 151 Å². The maximum atomic E-state index is 5.32. The van der Waals surface area contributed by atoms with E-state index in [1.807, 2.05) is 13.1 Å². The van der Waals surface area contributed by atoms with E-state index in [0.29, 0.717) is 18.4 Å². The monoisotopic (exact) mass is 364 g/mol. The molecule has 0 bridgehead atoms. The number of rotatable bonds is 7. The summed E-state index contributed by atoms with van der Waals surface area (Å²) in [6.07, 6.45) is 2.21. The van der Waals surface area contributed by atoms with E-state index in [-0.39, 0.29) is 12.4 Å². The molecule has 2 aromatic heterocycles. The number of likely N-dealkylation sites (N-methyl/N-ethyl adjacent to an activating group) is 1. The summed E-state index contributed by atoms with van der Waals surface area (Å²) in [5, 5.41) is 10.4. The van der Waals surface area contributed by atoms with Crippen LogP contribution in [0.2, 0.25) is 0 Å². The lowest BCUT2D eigenvalue weighted by molar-refractivity contribution is 0.376. The molecule has 0 aliphatic carbocycles. The Kier molecular flexibility index (Phi) is 6.90. The number of thiazole rings is 1. The van der Waals surface area contributed by atoms with Crippen LogP contribution in [0.3, 0.4) is 0 Å². The van der Waals surface area contributed by atoms with Crippen LogP contribution in [0.15, 0.2) is 40.2 Å². The second kappa shape index (κ2) is 8.92. The average molecular weight is 365 g/mol. The van der Waals surface area contributed by atoms with Crippen molar-refractivity contribution in [3.63, 3.8) is 0 Å². The minimum absolute atomic E-state index is 0. The van der Waals surface area contributed by atoms with Crippen LogP contribution in [0.4, 0.5) is 0 Å². The standard InChI is InChI=1S/C17H20N4OS.ClH/c1-12(18-2)8-15-20-16(22-21-15)10-14-11-23-17(19-14)9-13-6-4-3-5-7-13;/h3-7,11-12,18H,8-10H2,1-2H3;1H. The first-order chi connectivity index (χ1) is 11.2. The molecule has 24 heavy (non-hydrogen) atoms. The highest BCUT2D eigenvalue weighted by Gasteiger charge is 2.12. The number of nitrogens with one attached hydrogen (secondary N) is 1. The van der Waals surface area contributed by atoms with Crippen molar-refractivity contribution in [1.82, 2.24) is 20.4 Å². The van der Waals surface area contributed by atoms with Gasteiger partial charge in [-0.25, -0.2) is 4.98 Å². The highest BCUT2D eigenvalue weighted by molar-refractivity contribution is 7.09. The van der Waals surface area contributed by atoms with Gasteiger partial charge in [0.25, 0.3) is 0 Å². The molecule has 2 heterocycles. The molecule has 128 valence electrons. The van der Waals surface area contributed by atoms with Gasteiger partial charge < -0.3 is 9.84 Å². The first-order valence-electron chi connectivity index (χ1n) is 7.69. The summed E-state index contributed by atoms with van der Waals surface area (Å²) in [7, 11) is 1.93. The summed E-state index contributed by atoms with van der Waals surface area (Å²) < 4.78 is 5.32. The van der Waals surface area contributed by atoms with Crippen LogP contribution in [0.25, 0.3) is 0 Å². The van der Waals surface area contributed by atoms with Crippen molar-refractivity contribution in [3.05, 3.63) is 63.7 Å². The van der Waals surface area contributed by atoms with Crippen molar-refractivity contribution in [2.75, 3.05) is 7.05 Å². The van der Waals surface area contributed by atoms with Crippen molar-refractivity contribution in [2.24, 2.45) is 0 Å². The van der Waals surface area contributed by atoms with Crippen LogP contribution in [-0.2, 0) is 19.3 Å². The van der Waals surface area contributed by atoms with Crippen molar-refractivity contribution < 1.29 is 4.52 Å². The Bertz CT molecular complexity index is 744. The van der Waals surface area contributed by atoms with Crippen LogP contribution < -0.4 is 5.32 Å². The molecule has 1 unspecified atom stereocenters. The van der Waals surface area contributed by atoms with Crippen LogP contribution in [0, 0.1) is 0 Å². The van der Waals surface area contributed by atoms with Crippen molar-refractivity contribution in [2.45, 2.75) is 32.2 Å². The molecule has 0 fully saturated rings. The predicted octanol–water partition coefficient (Wildman–Crippen LogP) is 3.28. The number of hydrogen-bond acceptors (Lipinski definition) is 6. The van der Waals surface area contributed by atoms with Gasteiger partial charge in [-0.3, -0.25) is 0 Å². The largest absolute Gasteiger partial charge is 0.339 e. The van der Waals surface area contributed by atoms with Crippen molar-refractivity contribution >= 4 is 23.7 Å². The molecule has 0 radical (unpaired) electrons.